The molecular weight excluding hydrogens is 443 g/mol. The lowest BCUT2D eigenvalue weighted by Crippen LogP contribution is -2.26. The average molecular weight is 464 g/mol. The Morgan fingerprint density at radius 1 is 1.12 bits per heavy atom. The van der Waals surface area contributed by atoms with E-state index in [1.165, 1.54) is 10.9 Å². The molecule has 0 aliphatic heterocycles. The summed E-state index contributed by atoms with van der Waals surface area (Å²) in [5.74, 6) is 1.07. The van der Waals surface area contributed by atoms with Crippen LogP contribution in [0, 0.1) is 3.57 Å². The molecule has 1 N–H and O–H groups in total. The lowest BCUT2D eigenvalue weighted by molar-refractivity contribution is 0.0951. The van der Waals surface area contributed by atoms with Gasteiger partial charge in [0.15, 0.2) is 11.5 Å². The normalized spacial score (nSPS) is 10.7. The molecule has 0 bridgehead atoms. The Bertz CT molecular complexity index is 921. The lowest BCUT2D eigenvalue weighted by atomic mass is 10.2. The number of benzene rings is 2. The van der Waals surface area contributed by atoms with Gasteiger partial charge in [-0.2, -0.15) is 0 Å². The summed E-state index contributed by atoms with van der Waals surface area (Å²) in [7, 11) is 3.15. The molecule has 0 saturated carbocycles. The quantitative estimate of drug-likeness (QED) is 0.424. The van der Waals surface area contributed by atoms with Crippen molar-refractivity contribution in [2.24, 2.45) is 0 Å². The van der Waals surface area contributed by atoms with Gasteiger partial charge in [0.2, 0.25) is 0 Å². The van der Waals surface area contributed by atoms with Gasteiger partial charge >= 0.3 is 0 Å². The van der Waals surface area contributed by atoms with Crippen LogP contribution >= 0.6 is 22.6 Å². The van der Waals surface area contributed by atoms with E-state index in [1.807, 2.05) is 12.1 Å². The van der Waals surface area contributed by atoms with Crippen molar-refractivity contribution in [1.82, 2.24) is 9.88 Å². The highest BCUT2D eigenvalue weighted by Crippen LogP contribution is 2.31. The molecule has 3 rings (SSSR count). The van der Waals surface area contributed by atoms with E-state index < -0.39 is 0 Å². The molecular formula is C20H21IN2O3. The Labute approximate surface area is 166 Å². The fourth-order valence-corrected chi connectivity index (χ4v) is 3.59. The number of carbonyl (C=O) groups excluding carboxylic acids is 1. The Morgan fingerprint density at radius 3 is 2.62 bits per heavy atom. The Morgan fingerprint density at radius 2 is 1.85 bits per heavy atom. The van der Waals surface area contributed by atoms with Crippen LogP contribution in [0.3, 0.4) is 0 Å². The smallest absolute Gasteiger partial charge is 0.252 e. The van der Waals surface area contributed by atoms with Gasteiger partial charge in [-0.1, -0.05) is 18.2 Å². The molecule has 0 fully saturated rings. The molecule has 0 radical (unpaired) electrons. The Balaban J connectivity index is 1.59. The molecule has 136 valence electrons. The van der Waals surface area contributed by atoms with Crippen LogP contribution in [0.15, 0.2) is 48.7 Å². The second-order valence-electron chi connectivity index (χ2n) is 5.86. The van der Waals surface area contributed by atoms with Crippen LogP contribution in [0.25, 0.3) is 10.9 Å². The standard InChI is InChI=1S/C20H21IN2O3/c1-25-18-12-15(16(21)13-19(18)26-2)20(24)22-9-5-10-23-11-8-14-6-3-4-7-17(14)23/h3-4,6-8,11-13H,5,9-10H2,1-2H3,(H,22,24). The highest BCUT2D eigenvalue weighted by molar-refractivity contribution is 14.1. The molecule has 6 heteroatoms. The number of ether oxygens (including phenoxy) is 2. The van der Waals surface area contributed by atoms with Crippen molar-refractivity contribution >= 4 is 39.4 Å². The van der Waals surface area contributed by atoms with Crippen LogP contribution in [0.4, 0.5) is 0 Å². The summed E-state index contributed by atoms with van der Waals surface area (Å²) in [6.07, 6.45) is 2.94. The molecule has 0 saturated heterocycles. The molecule has 1 heterocycles. The fraction of sp³-hybridized carbons (Fsp3) is 0.250. The maximum absolute atomic E-state index is 12.5. The van der Waals surface area contributed by atoms with Crippen molar-refractivity contribution < 1.29 is 14.3 Å². The number of rotatable bonds is 7. The van der Waals surface area contributed by atoms with E-state index in [2.05, 4.69) is 56.9 Å². The number of para-hydroxylation sites is 1. The third kappa shape index (κ3) is 3.95. The van der Waals surface area contributed by atoms with E-state index >= 15 is 0 Å². The van der Waals surface area contributed by atoms with E-state index in [1.54, 1.807) is 26.4 Å². The number of hydrogen-bond acceptors (Lipinski definition) is 3. The first kappa shape index (κ1) is 18.6. The summed E-state index contributed by atoms with van der Waals surface area (Å²) >= 11 is 2.14. The number of carbonyl (C=O) groups is 1. The van der Waals surface area contributed by atoms with Crippen LogP contribution in [-0.2, 0) is 6.54 Å². The molecule has 1 amide bonds. The van der Waals surface area contributed by atoms with E-state index in [0.29, 0.717) is 23.6 Å². The van der Waals surface area contributed by atoms with Gasteiger partial charge in [-0.05, 0) is 58.7 Å². The minimum Gasteiger partial charge on any atom is -0.493 e. The van der Waals surface area contributed by atoms with Crippen molar-refractivity contribution in [1.29, 1.82) is 0 Å². The molecule has 0 spiro atoms. The van der Waals surface area contributed by atoms with Gasteiger partial charge in [0.1, 0.15) is 0 Å². The molecule has 26 heavy (non-hydrogen) atoms. The third-order valence-electron chi connectivity index (χ3n) is 4.26. The van der Waals surface area contributed by atoms with Gasteiger partial charge in [-0.3, -0.25) is 4.79 Å². The predicted octanol–water partition coefficient (Wildman–Crippen LogP) is 4.08. The lowest BCUT2D eigenvalue weighted by Gasteiger charge is -2.12. The zero-order valence-corrected chi connectivity index (χ0v) is 16.9. The number of halogens is 1. The van der Waals surface area contributed by atoms with Crippen molar-refractivity contribution in [3.8, 4) is 11.5 Å². The minimum atomic E-state index is -0.104. The summed E-state index contributed by atoms with van der Waals surface area (Å²) in [5.41, 5.74) is 1.81. The van der Waals surface area contributed by atoms with Gasteiger partial charge in [0.25, 0.3) is 5.91 Å². The van der Waals surface area contributed by atoms with Crippen molar-refractivity contribution in [2.45, 2.75) is 13.0 Å². The second-order valence-corrected chi connectivity index (χ2v) is 7.03. The first-order chi connectivity index (χ1) is 12.6. The van der Waals surface area contributed by atoms with Crippen LogP contribution in [0.5, 0.6) is 11.5 Å². The van der Waals surface area contributed by atoms with Crippen LogP contribution in [0.2, 0.25) is 0 Å². The molecule has 2 aromatic carbocycles. The molecule has 0 aliphatic rings. The average Bonchev–Trinajstić information content (AvgIpc) is 3.08. The summed E-state index contributed by atoms with van der Waals surface area (Å²) in [6.45, 7) is 1.46. The first-order valence-electron chi connectivity index (χ1n) is 8.37. The number of methoxy groups -OCH3 is 2. The summed E-state index contributed by atoms with van der Waals surface area (Å²) in [6, 6.07) is 13.9. The number of aromatic nitrogens is 1. The Hall–Kier alpha value is -2.22. The topological polar surface area (TPSA) is 52.5 Å². The molecule has 3 aromatic rings. The minimum absolute atomic E-state index is 0.104. The van der Waals surface area contributed by atoms with Crippen molar-refractivity contribution in [3.63, 3.8) is 0 Å². The number of nitrogens with zero attached hydrogens (tertiary/aromatic N) is 1. The fourth-order valence-electron chi connectivity index (χ4n) is 2.91. The highest BCUT2D eigenvalue weighted by atomic mass is 127. The monoisotopic (exact) mass is 464 g/mol. The summed E-state index contributed by atoms with van der Waals surface area (Å²) in [5, 5.41) is 4.22. The molecule has 1 aromatic heterocycles. The molecule has 0 aliphatic carbocycles. The largest absolute Gasteiger partial charge is 0.493 e. The summed E-state index contributed by atoms with van der Waals surface area (Å²) < 4.78 is 13.6. The third-order valence-corrected chi connectivity index (χ3v) is 5.15. The second kappa shape index (κ2) is 8.44. The number of fused-ring (bicyclic) bond motifs is 1. The molecule has 0 unspecified atom stereocenters. The highest BCUT2D eigenvalue weighted by Gasteiger charge is 2.15. The zero-order chi connectivity index (χ0) is 18.5. The van der Waals surface area contributed by atoms with Crippen molar-refractivity contribution in [2.75, 3.05) is 20.8 Å². The van der Waals surface area contributed by atoms with E-state index in [-0.39, 0.29) is 5.91 Å². The van der Waals surface area contributed by atoms with Gasteiger partial charge < -0.3 is 19.4 Å². The number of hydrogen-bond donors (Lipinski definition) is 1. The van der Waals surface area contributed by atoms with E-state index in [9.17, 15) is 4.79 Å². The maximum Gasteiger partial charge on any atom is 0.252 e. The molecule has 0 atom stereocenters. The van der Waals surface area contributed by atoms with Gasteiger partial charge in [-0.15, -0.1) is 0 Å². The van der Waals surface area contributed by atoms with Crippen LogP contribution in [0.1, 0.15) is 16.8 Å². The zero-order valence-electron chi connectivity index (χ0n) is 14.8. The van der Waals surface area contributed by atoms with Crippen LogP contribution in [-0.4, -0.2) is 31.2 Å². The first-order valence-corrected chi connectivity index (χ1v) is 9.45. The van der Waals surface area contributed by atoms with Gasteiger partial charge in [-0.25, -0.2) is 0 Å². The van der Waals surface area contributed by atoms with E-state index in [0.717, 1.165) is 16.5 Å². The number of nitrogens with one attached hydrogen (secondary N) is 1. The molecule has 5 nitrogen and oxygen atoms in total. The number of aryl methyl sites for hydroxylation is 1. The van der Waals surface area contributed by atoms with Gasteiger partial charge in [0.05, 0.1) is 19.8 Å². The van der Waals surface area contributed by atoms with Crippen LogP contribution < -0.4 is 14.8 Å². The Kier molecular flexibility index (Phi) is 6.03. The number of amides is 1. The van der Waals surface area contributed by atoms with Gasteiger partial charge in [0, 0.05) is 28.4 Å². The van der Waals surface area contributed by atoms with E-state index in [4.69, 9.17) is 9.47 Å². The maximum atomic E-state index is 12.5. The predicted molar refractivity (Wildman–Crippen MR) is 111 cm³/mol. The summed E-state index contributed by atoms with van der Waals surface area (Å²) in [4.78, 5) is 12.5. The SMILES string of the molecule is COc1cc(I)c(C(=O)NCCCn2ccc3ccccc32)cc1OC. The van der Waals surface area contributed by atoms with Crippen molar-refractivity contribution in [3.05, 3.63) is 57.8 Å².